The Morgan fingerprint density at radius 3 is 2.40 bits per heavy atom. The van der Waals surface area contributed by atoms with Gasteiger partial charge >= 0.3 is 5.97 Å². The highest BCUT2D eigenvalue weighted by Gasteiger charge is 2.73. The second-order valence-corrected chi connectivity index (χ2v) is 16.1. The maximum Gasteiger partial charge on any atom is 0.337 e. The van der Waals surface area contributed by atoms with Gasteiger partial charge in [-0.2, -0.15) is 0 Å². The lowest BCUT2D eigenvalue weighted by Crippen LogP contribution is -2.51. The van der Waals surface area contributed by atoms with Gasteiger partial charge in [-0.25, -0.2) is 4.79 Å². The van der Waals surface area contributed by atoms with Gasteiger partial charge in [0.1, 0.15) is 11.7 Å². The second-order valence-electron chi connectivity index (χ2n) is 11.4. The molecule has 3 fully saturated rings. The van der Waals surface area contributed by atoms with Crippen molar-refractivity contribution in [2.24, 2.45) is 11.3 Å². The molecule has 0 unspecified atom stereocenters. The summed E-state index contributed by atoms with van der Waals surface area (Å²) in [5, 5.41) is 0.233. The number of carbonyl (C=O) groups excluding carboxylic acids is 1. The smallest absolute Gasteiger partial charge is 0.337 e. The van der Waals surface area contributed by atoms with Crippen molar-refractivity contribution in [3.8, 4) is 0 Å². The maximum atomic E-state index is 11.8. The third kappa shape index (κ3) is 3.28. The lowest BCUT2D eigenvalue weighted by atomic mass is 9.63. The van der Waals surface area contributed by atoms with E-state index < -0.39 is 8.32 Å². The van der Waals surface area contributed by atoms with Gasteiger partial charge in [-0.1, -0.05) is 46.2 Å². The van der Waals surface area contributed by atoms with Crippen molar-refractivity contribution >= 4 is 14.3 Å². The lowest BCUT2D eigenvalue weighted by Gasteiger charge is -2.48. The van der Waals surface area contributed by atoms with Crippen LogP contribution in [0.3, 0.4) is 0 Å². The van der Waals surface area contributed by atoms with Crippen LogP contribution in [0.15, 0.2) is 24.3 Å². The van der Waals surface area contributed by atoms with Crippen molar-refractivity contribution in [1.29, 1.82) is 0 Å². The van der Waals surface area contributed by atoms with E-state index in [2.05, 4.69) is 40.8 Å². The molecule has 0 N–H and O–H groups in total. The van der Waals surface area contributed by atoms with Crippen molar-refractivity contribution in [2.75, 3.05) is 7.11 Å². The number of esters is 1. The van der Waals surface area contributed by atoms with E-state index in [1.807, 2.05) is 24.3 Å². The summed E-state index contributed by atoms with van der Waals surface area (Å²) in [5.41, 5.74) is 1.85. The number of fused-ring (bicyclic) bond motifs is 2. The fourth-order valence-corrected chi connectivity index (χ4v) is 7.29. The third-order valence-electron chi connectivity index (χ3n) is 8.83. The van der Waals surface area contributed by atoms with E-state index in [4.69, 9.17) is 13.9 Å². The van der Waals surface area contributed by atoms with Crippen molar-refractivity contribution in [3.05, 3.63) is 35.4 Å². The first-order valence-corrected chi connectivity index (χ1v) is 14.4. The number of rotatable bonds is 4. The summed E-state index contributed by atoms with van der Waals surface area (Å²) < 4.78 is 18.3. The molecule has 5 heteroatoms. The SMILES string of the molecule is COC(=O)c1ccc([C@H]2O[C@@]23CC[C@H]2[C@@H](O[Si](C)(C)C(C)(C)C)CCC[C@@]23C)cc1. The van der Waals surface area contributed by atoms with Gasteiger partial charge in [0.15, 0.2) is 8.32 Å². The molecule has 0 bridgehead atoms. The van der Waals surface area contributed by atoms with Crippen molar-refractivity contribution in [3.63, 3.8) is 0 Å². The number of methoxy groups -OCH3 is 1. The van der Waals surface area contributed by atoms with E-state index in [0.29, 0.717) is 17.6 Å². The Balaban J connectivity index is 1.54. The molecular formula is C25H38O4Si. The van der Waals surface area contributed by atoms with Gasteiger partial charge in [0.2, 0.25) is 0 Å². The normalized spacial score (nSPS) is 35.9. The number of epoxide rings is 1. The second kappa shape index (κ2) is 7.18. The Morgan fingerprint density at radius 1 is 1.13 bits per heavy atom. The number of hydrogen-bond donors (Lipinski definition) is 0. The molecule has 3 aliphatic rings. The van der Waals surface area contributed by atoms with Crippen LogP contribution in [0.4, 0.5) is 0 Å². The zero-order valence-corrected chi connectivity index (χ0v) is 20.7. The zero-order valence-electron chi connectivity index (χ0n) is 19.7. The first-order valence-electron chi connectivity index (χ1n) is 11.5. The summed E-state index contributed by atoms with van der Waals surface area (Å²) in [4.78, 5) is 11.8. The van der Waals surface area contributed by atoms with Gasteiger partial charge in [-0.15, -0.1) is 0 Å². The van der Waals surface area contributed by atoms with E-state index in [0.717, 1.165) is 6.42 Å². The van der Waals surface area contributed by atoms with Crippen molar-refractivity contribution in [1.82, 2.24) is 0 Å². The van der Waals surface area contributed by atoms with Crippen molar-refractivity contribution in [2.45, 2.75) is 95.7 Å². The third-order valence-corrected chi connectivity index (χ3v) is 13.3. The van der Waals surface area contributed by atoms with Crippen LogP contribution in [0.5, 0.6) is 0 Å². The largest absolute Gasteiger partial charge is 0.465 e. The average Bonchev–Trinajstić information content (AvgIpc) is 3.34. The van der Waals surface area contributed by atoms with Crippen LogP contribution in [0, 0.1) is 11.3 Å². The fraction of sp³-hybridized carbons (Fsp3) is 0.720. The molecule has 30 heavy (non-hydrogen) atoms. The van der Waals surface area contributed by atoms with Crippen LogP contribution in [-0.4, -0.2) is 33.1 Å². The van der Waals surface area contributed by atoms with Crippen LogP contribution in [0.2, 0.25) is 18.1 Å². The van der Waals surface area contributed by atoms with Gasteiger partial charge in [0, 0.05) is 11.5 Å². The molecule has 0 amide bonds. The molecule has 2 aliphatic carbocycles. The molecule has 1 saturated heterocycles. The Kier molecular flexibility index (Phi) is 5.27. The summed E-state index contributed by atoms with van der Waals surface area (Å²) in [5.74, 6) is 0.276. The zero-order chi connectivity index (χ0) is 21.9. The standard InChI is InChI=1S/C25H38O4Si/c1-23(2,3)30(6,7)29-20-9-8-15-24(4)19(20)14-16-25(24)21(28-25)17-10-12-18(13-11-17)22(26)27-5/h10-13,19-21H,8-9,14-16H2,1-7H3/t19-,20-,21+,24-,25-/m0/s1. The molecule has 0 radical (unpaired) electrons. The van der Waals surface area contributed by atoms with Crippen LogP contribution in [0.25, 0.3) is 0 Å². The molecule has 4 nitrogen and oxygen atoms in total. The van der Waals surface area contributed by atoms with Crippen LogP contribution in [0.1, 0.15) is 81.8 Å². The first-order chi connectivity index (χ1) is 14.0. The number of ether oxygens (including phenoxy) is 2. The van der Waals surface area contributed by atoms with E-state index in [9.17, 15) is 4.79 Å². The predicted molar refractivity (Wildman–Crippen MR) is 121 cm³/mol. The van der Waals surface area contributed by atoms with Crippen LogP contribution < -0.4 is 0 Å². The van der Waals surface area contributed by atoms with E-state index in [-0.39, 0.29) is 28.1 Å². The Labute approximate surface area is 182 Å². The molecule has 5 atom stereocenters. The summed E-state index contributed by atoms with van der Waals surface area (Å²) >= 11 is 0. The minimum Gasteiger partial charge on any atom is -0.465 e. The Bertz CT molecular complexity index is 811. The van der Waals surface area contributed by atoms with E-state index >= 15 is 0 Å². The molecule has 166 valence electrons. The molecular weight excluding hydrogens is 392 g/mol. The summed E-state index contributed by atoms with van der Waals surface area (Å²) in [7, 11) is -0.381. The summed E-state index contributed by atoms with van der Waals surface area (Å²) in [6.45, 7) is 14.2. The fourth-order valence-electron chi connectivity index (χ4n) is 5.90. The van der Waals surface area contributed by atoms with Gasteiger partial charge in [-0.05, 0) is 67.4 Å². The van der Waals surface area contributed by atoms with Gasteiger partial charge in [0.25, 0.3) is 0 Å². The van der Waals surface area contributed by atoms with Gasteiger partial charge < -0.3 is 13.9 Å². The topological polar surface area (TPSA) is 48.1 Å². The molecule has 1 heterocycles. The Morgan fingerprint density at radius 2 is 1.80 bits per heavy atom. The quantitative estimate of drug-likeness (QED) is 0.321. The van der Waals surface area contributed by atoms with E-state index in [1.54, 1.807) is 0 Å². The lowest BCUT2D eigenvalue weighted by molar-refractivity contribution is -0.0195. The molecule has 4 rings (SSSR count). The molecule has 1 spiro atoms. The molecule has 1 aromatic rings. The number of carbonyl (C=O) groups is 1. The maximum absolute atomic E-state index is 11.8. The van der Waals surface area contributed by atoms with Crippen molar-refractivity contribution < 1.29 is 18.7 Å². The minimum absolute atomic E-state index is 0.0695. The van der Waals surface area contributed by atoms with E-state index in [1.165, 1.54) is 38.4 Å². The average molecular weight is 431 g/mol. The monoisotopic (exact) mass is 430 g/mol. The predicted octanol–water partition coefficient (Wildman–Crippen LogP) is 6.27. The first kappa shape index (κ1) is 22.0. The molecule has 0 aromatic heterocycles. The van der Waals surface area contributed by atoms with Crippen LogP contribution >= 0.6 is 0 Å². The van der Waals surface area contributed by atoms with Crippen LogP contribution in [-0.2, 0) is 13.9 Å². The molecule has 1 aliphatic heterocycles. The highest BCUT2D eigenvalue weighted by molar-refractivity contribution is 6.74. The number of hydrogen-bond acceptors (Lipinski definition) is 4. The Hall–Kier alpha value is -1.17. The number of benzene rings is 1. The van der Waals surface area contributed by atoms with Gasteiger partial charge in [0.05, 0.1) is 12.7 Å². The molecule has 1 aromatic carbocycles. The molecule has 2 saturated carbocycles. The van der Waals surface area contributed by atoms with Gasteiger partial charge in [-0.3, -0.25) is 0 Å². The highest BCUT2D eigenvalue weighted by atomic mass is 28.4. The minimum atomic E-state index is -1.80. The summed E-state index contributed by atoms with van der Waals surface area (Å²) in [6.07, 6.45) is 6.39. The summed E-state index contributed by atoms with van der Waals surface area (Å²) in [6, 6.07) is 7.79. The highest BCUT2D eigenvalue weighted by Crippen LogP contribution is 2.72.